The molecule has 1 heterocycles. The molecule has 1 saturated heterocycles. The molecule has 0 aromatic heterocycles. The number of nitrogens with one attached hydrogen (secondary N) is 1. The highest BCUT2D eigenvalue weighted by atomic mass is 32.2. The van der Waals surface area contributed by atoms with Crippen molar-refractivity contribution < 1.29 is 13.2 Å². The molecule has 0 saturated carbocycles. The first-order chi connectivity index (χ1) is 12.5. The number of carbonyl (C=O) groups excluding carboxylic acids is 1. The maximum absolute atomic E-state index is 12.8. The minimum atomic E-state index is -3.55. The quantitative estimate of drug-likeness (QED) is 0.878. The van der Waals surface area contributed by atoms with E-state index >= 15 is 0 Å². The zero-order valence-electron chi connectivity index (χ0n) is 14.9. The van der Waals surface area contributed by atoms with Crippen LogP contribution in [0.25, 0.3) is 0 Å². The molecule has 1 amide bonds. The lowest BCUT2D eigenvalue weighted by Crippen LogP contribution is -2.45. The Hall–Kier alpha value is -2.18. The summed E-state index contributed by atoms with van der Waals surface area (Å²) in [6.45, 7) is 3.16. The van der Waals surface area contributed by atoms with E-state index in [9.17, 15) is 13.2 Å². The number of hydrogen-bond donors (Lipinski definition) is 1. The van der Waals surface area contributed by atoms with Crippen LogP contribution < -0.4 is 5.32 Å². The van der Waals surface area contributed by atoms with Crippen LogP contribution in [0.3, 0.4) is 0 Å². The Morgan fingerprint density at radius 1 is 1.15 bits per heavy atom. The van der Waals surface area contributed by atoms with Gasteiger partial charge < -0.3 is 5.32 Å². The van der Waals surface area contributed by atoms with Crippen LogP contribution in [0.1, 0.15) is 24.0 Å². The average Bonchev–Trinajstić information content (AvgIpc) is 2.67. The van der Waals surface area contributed by atoms with Crippen LogP contribution in [0.5, 0.6) is 0 Å². The molecule has 1 N–H and O–H groups in total. The minimum absolute atomic E-state index is 0.0838. The molecular formula is C20H24N2O3S. The molecular weight excluding hydrogens is 348 g/mol. The first-order valence-electron chi connectivity index (χ1n) is 8.85. The molecule has 138 valence electrons. The molecule has 0 spiro atoms. The van der Waals surface area contributed by atoms with Gasteiger partial charge >= 0.3 is 0 Å². The third kappa shape index (κ3) is 4.31. The number of nitrogens with zero attached hydrogens (tertiary/aromatic N) is 1. The van der Waals surface area contributed by atoms with Crippen LogP contribution in [-0.2, 0) is 21.4 Å². The van der Waals surface area contributed by atoms with Gasteiger partial charge in [-0.2, -0.15) is 4.31 Å². The summed E-state index contributed by atoms with van der Waals surface area (Å²) in [4.78, 5) is 12.8. The second kappa shape index (κ2) is 8.01. The molecule has 5 nitrogen and oxygen atoms in total. The van der Waals surface area contributed by atoms with Crippen molar-refractivity contribution in [3.63, 3.8) is 0 Å². The number of amides is 1. The van der Waals surface area contributed by atoms with Gasteiger partial charge in [-0.25, -0.2) is 8.42 Å². The second-order valence-electron chi connectivity index (χ2n) is 6.72. The fourth-order valence-corrected chi connectivity index (χ4v) is 4.82. The smallest absolute Gasteiger partial charge is 0.243 e. The highest BCUT2D eigenvalue weighted by Crippen LogP contribution is 2.23. The van der Waals surface area contributed by atoms with E-state index < -0.39 is 10.0 Å². The van der Waals surface area contributed by atoms with E-state index in [-0.39, 0.29) is 23.3 Å². The van der Waals surface area contributed by atoms with Crippen molar-refractivity contribution in [2.45, 2.75) is 31.2 Å². The third-order valence-corrected chi connectivity index (χ3v) is 6.56. The van der Waals surface area contributed by atoms with E-state index in [1.165, 1.54) is 4.31 Å². The van der Waals surface area contributed by atoms with Crippen molar-refractivity contribution in [3.8, 4) is 0 Å². The molecule has 6 heteroatoms. The average molecular weight is 372 g/mol. The van der Waals surface area contributed by atoms with Crippen molar-refractivity contribution in [2.24, 2.45) is 5.92 Å². The number of aryl methyl sites for hydroxylation is 1. The van der Waals surface area contributed by atoms with Gasteiger partial charge in [-0.15, -0.1) is 0 Å². The summed E-state index contributed by atoms with van der Waals surface area (Å²) in [5.74, 6) is -0.397. The van der Waals surface area contributed by atoms with Gasteiger partial charge in [0.05, 0.1) is 10.8 Å². The lowest BCUT2D eigenvalue weighted by molar-refractivity contribution is -0.126. The maximum Gasteiger partial charge on any atom is 0.243 e. The van der Waals surface area contributed by atoms with Gasteiger partial charge in [0.2, 0.25) is 15.9 Å². The van der Waals surface area contributed by atoms with Crippen LogP contribution in [0.15, 0.2) is 59.5 Å². The Kier molecular flexibility index (Phi) is 5.74. The lowest BCUT2D eigenvalue weighted by Gasteiger charge is -2.31. The Bertz CT molecular complexity index is 866. The van der Waals surface area contributed by atoms with Gasteiger partial charge in [-0.05, 0) is 37.5 Å². The number of benzene rings is 2. The zero-order valence-corrected chi connectivity index (χ0v) is 15.7. The van der Waals surface area contributed by atoms with Crippen molar-refractivity contribution in [1.29, 1.82) is 0 Å². The molecule has 2 aromatic carbocycles. The second-order valence-corrected chi connectivity index (χ2v) is 8.66. The first-order valence-corrected chi connectivity index (χ1v) is 10.3. The number of sulfonamides is 1. The SMILES string of the molecule is Cc1cccc(CNC(=O)[C@H]2CCCN(S(=O)(=O)c3ccccc3)C2)c1. The molecule has 1 atom stereocenters. The summed E-state index contributed by atoms with van der Waals surface area (Å²) < 4.78 is 27.0. The Balaban J connectivity index is 1.63. The molecule has 2 aromatic rings. The lowest BCUT2D eigenvalue weighted by atomic mass is 9.98. The molecule has 0 radical (unpaired) electrons. The van der Waals surface area contributed by atoms with E-state index in [1.54, 1.807) is 30.3 Å². The minimum Gasteiger partial charge on any atom is -0.352 e. The summed E-state index contributed by atoms with van der Waals surface area (Å²) >= 11 is 0. The molecule has 1 aliphatic rings. The Morgan fingerprint density at radius 2 is 1.92 bits per heavy atom. The van der Waals surface area contributed by atoms with E-state index in [1.807, 2.05) is 31.2 Å². The molecule has 1 aliphatic heterocycles. The number of hydrogen-bond acceptors (Lipinski definition) is 3. The van der Waals surface area contributed by atoms with E-state index in [0.29, 0.717) is 25.9 Å². The molecule has 26 heavy (non-hydrogen) atoms. The van der Waals surface area contributed by atoms with Crippen molar-refractivity contribution in [2.75, 3.05) is 13.1 Å². The van der Waals surface area contributed by atoms with Crippen molar-refractivity contribution in [1.82, 2.24) is 9.62 Å². The van der Waals surface area contributed by atoms with Crippen molar-refractivity contribution in [3.05, 3.63) is 65.7 Å². The molecule has 3 rings (SSSR count). The van der Waals surface area contributed by atoms with Crippen LogP contribution in [0.4, 0.5) is 0 Å². The Labute approximate surface area is 155 Å². The molecule has 1 fully saturated rings. The van der Waals surface area contributed by atoms with E-state index in [4.69, 9.17) is 0 Å². The molecule has 0 bridgehead atoms. The van der Waals surface area contributed by atoms with Crippen LogP contribution in [0, 0.1) is 12.8 Å². The van der Waals surface area contributed by atoms with Crippen molar-refractivity contribution >= 4 is 15.9 Å². The summed E-state index contributed by atoms with van der Waals surface area (Å²) in [5.41, 5.74) is 2.19. The number of carbonyl (C=O) groups is 1. The first kappa shape index (κ1) is 18.6. The maximum atomic E-state index is 12.8. The van der Waals surface area contributed by atoms with Gasteiger partial charge in [-0.1, -0.05) is 48.0 Å². The summed E-state index contributed by atoms with van der Waals surface area (Å²) in [5, 5.41) is 2.95. The standard InChI is InChI=1S/C20H24N2O3S/c1-16-7-5-8-17(13-16)14-21-20(23)18-9-6-12-22(15-18)26(24,25)19-10-3-2-4-11-19/h2-5,7-8,10-11,13,18H,6,9,12,14-15H2,1H3,(H,21,23)/t18-/m0/s1. The van der Waals surface area contributed by atoms with Gasteiger partial charge in [-0.3, -0.25) is 4.79 Å². The fraction of sp³-hybridized carbons (Fsp3) is 0.350. The van der Waals surface area contributed by atoms with E-state index in [0.717, 1.165) is 11.1 Å². The monoisotopic (exact) mass is 372 g/mol. The Morgan fingerprint density at radius 3 is 2.65 bits per heavy atom. The van der Waals surface area contributed by atoms with Gasteiger partial charge in [0.1, 0.15) is 0 Å². The molecule has 0 unspecified atom stereocenters. The van der Waals surface area contributed by atoms with Gasteiger partial charge in [0.15, 0.2) is 0 Å². The predicted molar refractivity (Wildman–Crippen MR) is 101 cm³/mol. The van der Waals surface area contributed by atoms with E-state index in [2.05, 4.69) is 5.32 Å². The summed E-state index contributed by atoms with van der Waals surface area (Å²) in [6, 6.07) is 16.4. The summed E-state index contributed by atoms with van der Waals surface area (Å²) in [7, 11) is -3.55. The predicted octanol–water partition coefficient (Wildman–Crippen LogP) is 2.71. The molecule has 0 aliphatic carbocycles. The number of piperidine rings is 1. The summed E-state index contributed by atoms with van der Waals surface area (Å²) in [6.07, 6.45) is 1.40. The van der Waals surface area contributed by atoms with Crippen LogP contribution in [0.2, 0.25) is 0 Å². The normalized spacial score (nSPS) is 18.4. The topological polar surface area (TPSA) is 66.5 Å². The fourth-order valence-electron chi connectivity index (χ4n) is 3.27. The zero-order chi connectivity index (χ0) is 18.6. The van der Waals surface area contributed by atoms with Crippen LogP contribution >= 0.6 is 0 Å². The third-order valence-electron chi connectivity index (χ3n) is 4.69. The van der Waals surface area contributed by atoms with Gasteiger partial charge in [0.25, 0.3) is 0 Å². The number of rotatable bonds is 5. The van der Waals surface area contributed by atoms with Gasteiger partial charge in [0, 0.05) is 19.6 Å². The largest absolute Gasteiger partial charge is 0.352 e. The highest BCUT2D eigenvalue weighted by molar-refractivity contribution is 7.89. The highest BCUT2D eigenvalue weighted by Gasteiger charge is 2.33. The van der Waals surface area contributed by atoms with Crippen LogP contribution in [-0.4, -0.2) is 31.7 Å².